The summed E-state index contributed by atoms with van der Waals surface area (Å²) in [6.45, 7) is 3.92. The van der Waals surface area contributed by atoms with Crippen LogP contribution in [0.5, 0.6) is 0 Å². The van der Waals surface area contributed by atoms with E-state index in [0.29, 0.717) is 11.8 Å². The Morgan fingerprint density at radius 3 is 2.75 bits per heavy atom. The summed E-state index contributed by atoms with van der Waals surface area (Å²) in [5, 5.41) is 6.85. The van der Waals surface area contributed by atoms with E-state index < -0.39 is 9.84 Å². The third-order valence-corrected chi connectivity index (χ3v) is 3.57. The zero-order valence-corrected chi connectivity index (χ0v) is 10.1. The van der Waals surface area contributed by atoms with Crippen LogP contribution < -0.4 is 5.32 Å². The lowest BCUT2D eigenvalue weighted by atomic mass is 9.89. The van der Waals surface area contributed by atoms with E-state index in [1.807, 2.05) is 6.92 Å². The molecule has 1 fully saturated rings. The van der Waals surface area contributed by atoms with E-state index in [0.717, 1.165) is 19.3 Å². The molecule has 6 nitrogen and oxygen atoms in total. The maximum atomic E-state index is 11.0. The van der Waals surface area contributed by atoms with Crippen molar-refractivity contribution in [2.45, 2.75) is 18.6 Å². The zero-order valence-electron chi connectivity index (χ0n) is 9.30. The normalized spacial score (nSPS) is 19.4. The van der Waals surface area contributed by atoms with Crippen LogP contribution in [0.25, 0.3) is 0 Å². The van der Waals surface area contributed by atoms with E-state index in [-0.39, 0.29) is 17.5 Å². The highest BCUT2D eigenvalue weighted by molar-refractivity contribution is 7.89. The molecular formula is C9H15N3O3S. The first kappa shape index (κ1) is 11.5. The Morgan fingerprint density at radius 1 is 1.56 bits per heavy atom. The summed E-state index contributed by atoms with van der Waals surface area (Å²) in [6.07, 6.45) is 1.16. The van der Waals surface area contributed by atoms with Gasteiger partial charge in [0, 0.05) is 12.2 Å². The first-order valence-electron chi connectivity index (χ1n) is 5.16. The molecule has 1 N–H and O–H groups in total. The fraction of sp³-hybridized carbons (Fsp3) is 0.778. The summed E-state index contributed by atoms with van der Waals surface area (Å²) in [6, 6.07) is 0. The molecule has 1 aliphatic rings. The molecule has 2 rings (SSSR count). The summed E-state index contributed by atoms with van der Waals surface area (Å²) in [5.74, 6) is 1.31. The van der Waals surface area contributed by atoms with E-state index in [1.165, 1.54) is 0 Å². The number of sulfone groups is 1. The molecule has 1 aromatic heterocycles. The quantitative estimate of drug-likeness (QED) is 0.799. The van der Waals surface area contributed by atoms with Crippen molar-refractivity contribution >= 4 is 9.84 Å². The minimum Gasteiger partial charge on any atom is -0.339 e. The average Bonchev–Trinajstić information content (AvgIpc) is 2.45. The van der Waals surface area contributed by atoms with Crippen molar-refractivity contribution in [3.63, 3.8) is 0 Å². The van der Waals surface area contributed by atoms with Crippen molar-refractivity contribution in [1.29, 1.82) is 0 Å². The molecule has 0 amide bonds. The topological polar surface area (TPSA) is 85.1 Å². The monoisotopic (exact) mass is 245 g/mol. The van der Waals surface area contributed by atoms with Crippen molar-refractivity contribution in [2.75, 3.05) is 19.3 Å². The van der Waals surface area contributed by atoms with Crippen LogP contribution in [0.1, 0.15) is 24.6 Å². The van der Waals surface area contributed by atoms with Gasteiger partial charge in [0.15, 0.2) is 15.7 Å². The Balaban J connectivity index is 2.06. The van der Waals surface area contributed by atoms with E-state index in [9.17, 15) is 8.42 Å². The Kier molecular flexibility index (Phi) is 2.98. The summed E-state index contributed by atoms with van der Waals surface area (Å²) in [4.78, 5) is 4.11. The molecule has 7 heteroatoms. The van der Waals surface area contributed by atoms with Gasteiger partial charge in [-0.1, -0.05) is 12.1 Å². The molecule has 1 saturated heterocycles. The number of hydrogen-bond acceptors (Lipinski definition) is 6. The average molecular weight is 245 g/mol. The molecule has 16 heavy (non-hydrogen) atoms. The minimum atomic E-state index is -3.10. The number of rotatable bonds is 4. The van der Waals surface area contributed by atoms with Gasteiger partial charge in [-0.3, -0.25) is 0 Å². The molecular weight excluding hydrogens is 230 g/mol. The molecule has 1 atom stereocenters. The minimum absolute atomic E-state index is 0.161. The maximum Gasteiger partial charge on any atom is 0.229 e. The van der Waals surface area contributed by atoms with Gasteiger partial charge in [0.05, 0.1) is 0 Å². The van der Waals surface area contributed by atoms with Gasteiger partial charge in [0.1, 0.15) is 5.75 Å². The van der Waals surface area contributed by atoms with Crippen LogP contribution in [-0.4, -0.2) is 37.9 Å². The van der Waals surface area contributed by atoms with Crippen LogP contribution in [0.15, 0.2) is 4.52 Å². The van der Waals surface area contributed by atoms with Gasteiger partial charge in [-0.25, -0.2) is 8.42 Å². The largest absolute Gasteiger partial charge is 0.339 e. The molecule has 0 spiro atoms. The molecule has 0 aromatic carbocycles. The highest BCUT2D eigenvalue weighted by Crippen LogP contribution is 2.25. The summed E-state index contributed by atoms with van der Waals surface area (Å²) < 4.78 is 27.2. The van der Waals surface area contributed by atoms with E-state index in [2.05, 4.69) is 15.5 Å². The van der Waals surface area contributed by atoms with Gasteiger partial charge in [-0.2, -0.15) is 4.98 Å². The first-order chi connectivity index (χ1) is 7.46. The van der Waals surface area contributed by atoms with Gasteiger partial charge < -0.3 is 9.84 Å². The van der Waals surface area contributed by atoms with Gasteiger partial charge in [-0.05, 0) is 19.0 Å². The summed E-state index contributed by atoms with van der Waals surface area (Å²) in [5.41, 5.74) is 0. The van der Waals surface area contributed by atoms with Crippen LogP contribution in [0.3, 0.4) is 0 Å². The Hall–Kier alpha value is -0.950. The number of nitrogens with one attached hydrogen (secondary N) is 1. The van der Waals surface area contributed by atoms with Gasteiger partial charge in [0.25, 0.3) is 0 Å². The molecule has 90 valence electrons. The first-order valence-corrected chi connectivity index (χ1v) is 7.22. The standard InChI is InChI=1S/C9H15N3O3S/c1-6(7-3-10-4-7)9-11-8(12-15-9)5-16(2,13)14/h6-7,10H,3-5H2,1-2H3. The molecule has 1 aromatic rings. The zero-order chi connectivity index (χ0) is 11.8. The summed E-state index contributed by atoms with van der Waals surface area (Å²) in [7, 11) is -3.10. The van der Waals surface area contributed by atoms with Crippen LogP contribution in [0.4, 0.5) is 0 Å². The lowest BCUT2D eigenvalue weighted by molar-refractivity contribution is 0.252. The lowest BCUT2D eigenvalue weighted by Gasteiger charge is -2.30. The second kappa shape index (κ2) is 4.14. The number of nitrogens with zero attached hydrogens (tertiary/aromatic N) is 2. The molecule has 2 heterocycles. The Labute approximate surface area is 94.3 Å². The predicted octanol–water partition coefficient (Wildman–Crippen LogP) is -0.0629. The van der Waals surface area contributed by atoms with Gasteiger partial charge in [0.2, 0.25) is 5.89 Å². The van der Waals surface area contributed by atoms with E-state index >= 15 is 0 Å². The van der Waals surface area contributed by atoms with Crippen LogP contribution in [-0.2, 0) is 15.6 Å². The number of aromatic nitrogens is 2. The third kappa shape index (κ3) is 2.59. The fourth-order valence-corrected chi connectivity index (χ4v) is 2.20. The molecule has 0 radical (unpaired) electrons. The summed E-state index contributed by atoms with van der Waals surface area (Å²) >= 11 is 0. The van der Waals surface area contributed by atoms with Gasteiger partial charge >= 0.3 is 0 Å². The number of hydrogen-bond donors (Lipinski definition) is 1. The van der Waals surface area contributed by atoms with Crippen molar-refractivity contribution in [2.24, 2.45) is 5.92 Å². The molecule has 0 aliphatic carbocycles. The Bertz CT molecular complexity index is 464. The molecule has 1 aliphatic heterocycles. The molecule has 1 unspecified atom stereocenters. The second-order valence-electron chi connectivity index (χ2n) is 4.33. The fourth-order valence-electron chi connectivity index (χ4n) is 1.61. The predicted molar refractivity (Wildman–Crippen MR) is 57.6 cm³/mol. The molecule has 0 bridgehead atoms. The second-order valence-corrected chi connectivity index (χ2v) is 6.47. The van der Waals surface area contributed by atoms with Crippen molar-refractivity contribution in [3.8, 4) is 0 Å². The Morgan fingerprint density at radius 2 is 2.25 bits per heavy atom. The smallest absolute Gasteiger partial charge is 0.229 e. The SMILES string of the molecule is CC(c1nc(CS(C)(=O)=O)no1)C1CNC1. The third-order valence-electron chi connectivity index (χ3n) is 2.78. The van der Waals surface area contributed by atoms with Crippen molar-refractivity contribution in [3.05, 3.63) is 11.7 Å². The van der Waals surface area contributed by atoms with Gasteiger partial charge in [-0.15, -0.1) is 0 Å². The van der Waals surface area contributed by atoms with Crippen LogP contribution >= 0.6 is 0 Å². The molecule has 0 saturated carbocycles. The van der Waals surface area contributed by atoms with Crippen LogP contribution in [0, 0.1) is 5.92 Å². The maximum absolute atomic E-state index is 11.0. The van der Waals surface area contributed by atoms with E-state index in [1.54, 1.807) is 0 Å². The van der Waals surface area contributed by atoms with E-state index in [4.69, 9.17) is 4.52 Å². The van der Waals surface area contributed by atoms with Crippen molar-refractivity contribution in [1.82, 2.24) is 15.5 Å². The lowest BCUT2D eigenvalue weighted by Crippen LogP contribution is -2.44. The highest BCUT2D eigenvalue weighted by atomic mass is 32.2. The van der Waals surface area contributed by atoms with Crippen molar-refractivity contribution < 1.29 is 12.9 Å². The highest BCUT2D eigenvalue weighted by Gasteiger charge is 2.28. The van der Waals surface area contributed by atoms with Crippen LogP contribution in [0.2, 0.25) is 0 Å².